The van der Waals surface area contributed by atoms with Gasteiger partial charge in [0.25, 0.3) is 0 Å². The fourth-order valence-electron chi connectivity index (χ4n) is 4.32. The monoisotopic (exact) mass is 294 g/mol. The lowest BCUT2D eigenvalue weighted by atomic mass is 9.72. The standard InChI is InChI=1S/C21H26N/c1-16-7-3-4-8-18(16)19-10-9-17-11-14-21(12-5-6-13-21)15-20(17)22(19)2/h3-4,7-10H,5-6,11-15H2,1-2H3/q+1/i15D2. The van der Waals surface area contributed by atoms with Gasteiger partial charge in [-0.1, -0.05) is 31.0 Å². The van der Waals surface area contributed by atoms with E-state index in [1.54, 1.807) is 0 Å². The lowest BCUT2D eigenvalue weighted by Crippen LogP contribution is -2.42. The Hall–Kier alpha value is -1.63. The Morgan fingerprint density at radius 1 is 1.05 bits per heavy atom. The van der Waals surface area contributed by atoms with Crippen LogP contribution in [0.15, 0.2) is 36.4 Å². The molecule has 1 fully saturated rings. The summed E-state index contributed by atoms with van der Waals surface area (Å²) in [5.74, 6) is 0. The molecule has 1 heterocycles. The van der Waals surface area contributed by atoms with Crippen LogP contribution in [0, 0.1) is 12.3 Å². The van der Waals surface area contributed by atoms with Crippen LogP contribution in [0.2, 0.25) is 0 Å². The van der Waals surface area contributed by atoms with Crippen molar-refractivity contribution < 1.29 is 7.31 Å². The predicted octanol–water partition coefficient (Wildman–Crippen LogP) is 4.54. The van der Waals surface area contributed by atoms with Crippen LogP contribution in [-0.4, -0.2) is 0 Å². The molecule has 1 aromatic carbocycles. The van der Waals surface area contributed by atoms with Crippen LogP contribution in [0.1, 0.15) is 51.7 Å². The molecule has 1 aromatic heterocycles. The van der Waals surface area contributed by atoms with Gasteiger partial charge in [-0.3, -0.25) is 0 Å². The molecule has 0 saturated heterocycles. The molecule has 0 bridgehead atoms. The number of aromatic nitrogens is 1. The minimum Gasteiger partial charge on any atom is -0.198 e. The van der Waals surface area contributed by atoms with Crippen molar-refractivity contribution >= 4 is 0 Å². The van der Waals surface area contributed by atoms with Gasteiger partial charge in [0.15, 0.2) is 5.69 Å². The van der Waals surface area contributed by atoms with E-state index < -0.39 is 6.37 Å². The van der Waals surface area contributed by atoms with E-state index in [-0.39, 0.29) is 5.41 Å². The van der Waals surface area contributed by atoms with Crippen LogP contribution in [-0.2, 0) is 19.8 Å². The van der Waals surface area contributed by atoms with Crippen molar-refractivity contribution in [1.29, 1.82) is 0 Å². The Bertz CT molecular complexity index is 788. The van der Waals surface area contributed by atoms with Crippen molar-refractivity contribution in [2.24, 2.45) is 12.5 Å². The maximum absolute atomic E-state index is 9.05. The second kappa shape index (κ2) is 5.22. The molecule has 1 spiro atoms. The fourth-order valence-corrected chi connectivity index (χ4v) is 4.32. The van der Waals surface area contributed by atoms with Crippen molar-refractivity contribution in [3.05, 3.63) is 53.2 Å². The topological polar surface area (TPSA) is 3.88 Å². The van der Waals surface area contributed by atoms with E-state index in [4.69, 9.17) is 2.74 Å². The van der Waals surface area contributed by atoms with Crippen LogP contribution in [0.3, 0.4) is 0 Å². The summed E-state index contributed by atoms with van der Waals surface area (Å²) in [6.07, 6.45) is 5.19. The molecule has 0 amide bonds. The highest BCUT2D eigenvalue weighted by molar-refractivity contribution is 5.61. The Balaban J connectivity index is 1.91. The molecule has 0 aliphatic heterocycles. The molecule has 2 aliphatic rings. The second-order valence-electron chi connectivity index (χ2n) is 7.08. The molecule has 0 unspecified atom stereocenters. The smallest absolute Gasteiger partial charge is 0.198 e. The van der Waals surface area contributed by atoms with E-state index in [9.17, 15) is 0 Å². The van der Waals surface area contributed by atoms with Crippen LogP contribution >= 0.6 is 0 Å². The predicted molar refractivity (Wildman–Crippen MR) is 90.7 cm³/mol. The third-order valence-electron chi connectivity index (χ3n) is 5.68. The van der Waals surface area contributed by atoms with Gasteiger partial charge in [0, 0.05) is 26.3 Å². The normalized spacial score (nSPS) is 23.0. The molecule has 22 heavy (non-hydrogen) atoms. The van der Waals surface area contributed by atoms with Crippen molar-refractivity contribution in [3.63, 3.8) is 0 Å². The highest BCUT2D eigenvalue weighted by atomic mass is 15.0. The van der Waals surface area contributed by atoms with Crippen molar-refractivity contribution in [2.75, 3.05) is 0 Å². The third-order valence-corrected chi connectivity index (χ3v) is 5.68. The summed E-state index contributed by atoms with van der Waals surface area (Å²) in [4.78, 5) is 0. The third kappa shape index (κ3) is 2.18. The summed E-state index contributed by atoms with van der Waals surface area (Å²) >= 11 is 0. The molecular weight excluding hydrogens is 266 g/mol. The number of aryl methyl sites for hydroxylation is 2. The fraction of sp³-hybridized carbons (Fsp3) is 0.476. The van der Waals surface area contributed by atoms with Gasteiger partial charge in [-0.25, -0.2) is 0 Å². The molecule has 1 saturated carbocycles. The first-order chi connectivity index (χ1) is 11.5. The molecule has 0 N–H and O–H groups in total. The van der Waals surface area contributed by atoms with Gasteiger partial charge in [0.05, 0.1) is 0 Å². The average Bonchev–Trinajstić information content (AvgIpc) is 3.03. The Morgan fingerprint density at radius 2 is 1.82 bits per heavy atom. The largest absolute Gasteiger partial charge is 0.212 e. The maximum atomic E-state index is 9.05. The SMILES string of the molecule is [2H]C1([2H])c2c(ccc(-c3ccccc3C)[n+]2C)CCC12CCCC2. The van der Waals surface area contributed by atoms with Gasteiger partial charge >= 0.3 is 0 Å². The molecule has 1 nitrogen and oxygen atoms in total. The lowest BCUT2D eigenvalue weighted by molar-refractivity contribution is -0.669. The van der Waals surface area contributed by atoms with Gasteiger partial charge in [-0.2, -0.15) is 4.57 Å². The highest BCUT2D eigenvalue weighted by Gasteiger charge is 2.40. The zero-order valence-electron chi connectivity index (χ0n) is 15.7. The molecule has 0 atom stereocenters. The lowest BCUT2D eigenvalue weighted by Gasteiger charge is -2.32. The van der Waals surface area contributed by atoms with Gasteiger partial charge in [-0.15, -0.1) is 0 Å². The molecular formula is C21H26N+. The quantitative estimate of drug-likeness (QED) is 0.680. The van der Waals surface area contributed by atoms with Crippen LogP contribution in [0.25, 0.3) is 11.3 Å². The van der Waals surface area contributed by atoms with Crippen LogP contribution < -0.4 is 4.57 Å². The molecule has 0 radical (unpaired) electrons. The van der Waals surface area contributed by atoms with E-state index in [1.165, 1.54) is 29.5 Å². The second-order valence-corrected chi connectivity index (χ2v) is 7.08. The Morgan fingerprint density at radius 3 is 2.59 bits per heavy atom. The molecule has 114 valence electrons. The number of pyridine rings is 1. The molecule has 2 aliphatic carbocycles. The van der Waals surface area contributed by atoms with E-state index >= 15 is 0 Å². The minimum atomic E-state index is -1.25. The average molecular weight is 294 g/mol. The number of rotatable bonds is 1. The Kier molecular flexibility index (Phi) is 2.82. The summed E-state index contributed by atoms with van der Waals surface area (Å²) in [6, 6.07) is 12.7. The molecule has 2 aromatic rings. The highest BCUT2D eigenvalue weighted by Crippen LogP contribution is 2.47. The molecule has 1 heteroatoms. The maximum Gasteiger partial charge on any atom is 0.212 e. The number of nitrogens with zero attached hydrogens (tertiary/aromatic N) is 1. The first-order valence-corrected chi connectivity index (χ1v) is 8.55. The van der Waals surface area contributed by atoms with Crippen molar-refractivity contribution in [1.82, 2.24) is 0 Å². The van der Waals surface area contributed by atoms with E-state index in [1.807, 2.05) is 7.05 Å². The van der Waals surface area contributed by atoms with Crippen LogP contribution in [0.5, 0.6) is 0 Å². The number of hydrogen-bond donors (Lipinski definition) is 0. The van der Waals surface area contributed by atoms with E-state index in [0.717, 1.165) is 37.1 Å². The minimum absolute atomic E-state index is 0.151. The van der Waals surface area contributed by atoms with Gasteiger partial charge < -0.3 is 0 Å². The first-order valence-electron chi connectivity index (χ1n) is 9.55. The van der Waals surface area contributed by atoms with Gasteiger partial charge in [0.1, 0.15) is 7.05 Å². The summed E-state index contributed by atoms with van der Waals surface area (Å²) < 4.78 is 20.2. The summed E-state index contributed by atoms with van der Waals surface area (Å²) in [5.41, 5.74) is 5.51. The number of fused-ring (bicyclic) bond motifs is 1. The van der Waals surface area contributed by atoms with Crippen molar-refractivity contribution in [3.8, 4) is 11.3 Å². The Labute approximate surface area is 136 Å². The summed E-state index contributed by atoms with van der Waals surface area (Å²) in [6.45, 7) is 2.13. The summed E-state index contributed by atoms with van der Waals surface area (Å²) in [5, 5.41) is 0. The summed E-state index contributed by atoms with van der Waals surface area (Å²) in [7, 11) is 2.05. The number of benzene rings is 1. The van der Waals surface area contributed by atoms with E-state index in [2.05, 4.69) is 47.9 Å². The zero-order valence-corrected chi connectivity index (χ0v) is 13.7. The number of hydrogen-bond acceptors (Lipinski definition) is 0. The zero-order chi connectivity index (χ0) is 16.9. The van der Waals surface area contributed by atoms with Crippen molar-refractivity contribution in [2.45, 2.75) is 51.8 Å². The molecule has 4 rings (SSSR count). The first kappa shape index (κ1) is 11.9. The van der Waals surface area contributed by atoms with Crippen LogP contribution in [0.4, 0.5) is 0 Å². The van der Waals surface area contributed by atoms with E-state index in [0.29, 0.717) is 0 Å². The van der Waals surface area contributed by atoms with Gasteiger partial charge in [0.2, 0.25) is 5.69 Å². The van der Waals surface area contributed by atoms with Gasteiger partial charge in [-0.05, 0) is 55.7 Å².